The van der Waals surface area contributed by atoms with Crippen LogP contribution in [0.3, 0.4) is 0 Å². The van der Waals surface area contributed by atoms with Crippen molar-refractivity contribution in [3.8, 4) is 34.3 Å². The zero-order valence-electron chi connectivity index (χ0n) is 23.6. The van der Waals surface area contributed by atoms with Gasteiger partial charge in [-0.1, -0.05) is 25.9 Å². The van der Waals surface area contributed by atoms with Gasteiger partial charge < -0.3 is 29.6 Å². The van der Waals surface area contributed by atoms with Gasteiger partial charge in [0.1, 0.15) is 11.9 Å². The van der Waals surface area contributed by atoms with Crippen molar-refractivity contribution in [3.63, 3.8) is 0 Å². The number of benzene rings is 1. The van der Waals surface area contributed by atoms with Crippen LogP contribution < -0.4 is 10.5 Å². The zero-order chi connectivity index (χ0) is 29.9. The number of carbonyl (C=O) groups is 1. The summed E-state index contributed by atoms with van der Waals surface area (Å²) in [4.78, 5) is 20.0. The van der Waals surface area contributed by atoms with Gasteiger partial charge in [0.15, 0.2) is 12.0 Å². The molecule has 2 unspecified atom stereocenters. The van der Waals surface area contributed by atoms with Gasteiger partial charge in [-0.25, -0.2) is 18.9 Å². The largest absolute Gasteiger partial charge is 0.443 e. The molecule has 0 bridgehead atoms. The van der Waals surface area contributed by atoms with E-state index in [0.717, 1.165) is 19.3 Å². The summed E-state index contributed by atoms with van der Waals surface area (Å²) >= 11 is 0. The molecule has 1 aliphatic rings. The van der Waals surface area contributed by atoms with Crippen molar-refractivity contribution >= 4 is 6.09 Å². The Hall–Kier alpha value is -4.36. The number of nitrogens with two attached hydrogens (primary N) is 1. The second kappa shape index (κ2) is 12.2. The van der Waals surface area contributed by atoms with Crippen LogP contribution >= 0.6 is 0 Å². The second-order valence-electron chi connectivity index (χ2n) is 11.1. The molecule has 3 atom stereocenters. The Morgan fingerprint density at radius 2 is 2.00 bits per heavy atom. The molecule has 42 heavy (non-hydrogen) atoms. The number of aromatic nitrogens is 5. The maximum atomic E-state index is 15.1. The molecule has 0 saturated carbocycles. The van der Waals surface area contributed by atoms with E-state index in [-0.39, 0.29) is 23.8 Å². The molecule has 0 radical (unpaired) electrons. The average Bonchev–Trinajstić information content (AvgIpc) is 3.64. The number of primary amides is 1. The lowest BCUT2D eigenvalue weighted by Crippen LogP contribution is -2.37. The van der Waals surface area contributed by atoms with Crippen LogP contribution in [0.2, 0.25) is 0 Å². The van der Waals surface area contributed by atoms with Crippen LogP contribution in [-0.4, -0.2) is 55.4 Å². The molecule has 1 aromatic carbocycles. The maximum absolute atomic E-state index is 15.1. The fourth-order valence-corrected chi connectivity index (χ4v) is 5.04. The van der Waals surface area contributed by atoms with E-state index in [9.17, 15) is 9.90 Å². The molecular formula is C29H33FN6O6. The number of ether oxygens (including phenoxy) is 3. The van der Waals surface area contributed by atoms with E-state index >= 15 is 4.39 Å². The van der Waals surface area contributed by atoms with Crippen LogP contribution in [0.15, 0.2) is 53.3 Å². The number of hydrogen-bond donors (Lipinski definition) is 2. The van der Waals surface area contributed by atoms with Crippen molar-refractivity contribution in [2.45, 2.75) is 58.3 Å². The quantitative estimate of drug-likeness (QED) is 0.269. The number of nitrogens with zero attached hydrogens (tertiary/aromatic N) is 5. The Morgan fingerprint density at radius 1 is 1.21 bits per heavy atom. The molecule has 1 amide bonds. The van der Waals surface area contributed by atoms with Crippen LogP contribution in [0.4, 0.5) is 9.18 Å². The standard InChI is InChI=1S/C29H33FN6O6/c1-29(2,3)24(22(16-37)41-28(31)38)27-34-25(35-42-27)17-7-9-19(10-8-17)40-26-20(30)14-18(15-32-26)21-11-12-33-36(21)23-6-4-5-13-39-23/h7-12,14-15,22-24,37H,4-6,13,16H2,1-3H3,(H2,31,38)/t22-,23?,24?/m1/s1. The molecule has 1 aliphatic heterocycles. The van der Waals surface area contributed by atoms with Gasteiger partial charge in [-0.2, -0.15) is 10.1 Å². The van der Waals surface area contributed by atoms with Crippen molar-refractivity contribution in [2.24, 2.45) is 11.1 Å². The topological polar surface area (TPSA) is 161 Å². The predicted octanol–water partition coefficient (Wildman–Crippen LogP) is 5.21. The molecule has 0 aliphatic carbocycles. The number of aliphatic hydroxyl groups excluding tert-OH is 1. The van der Waals surface area contributed by atoms with Crippen molar-refractivity contribution < 1.29 is 33.0 Å². The lowest BCUT2D eigenvalue weighted by atomic mass is 9.77. The van der Waals surface area contributed by atoms with Crippen LogP contribution in [-0.2, 0) is 9.47 Å². The average molecular weight is 581 g/mol. The zero-order valence-corrected chi connectivity index (χ0v) is 23.6. The number of hydrogen-bond acceptors (Lipinski definition) is 10. The highest BCUT2D eigenvalue weighted by Gasteiger charge is 2.40. The number of halogens is 1. The number of carbonyl (C=O) groups excluding carboxylic acids is 1. The number of aliphatic hydroxyl groups is 1. The van der Waals surface area contributed by atoms with E-state index in [4.69, 9.17) is 24.5 Å². The van der Waals surface area contributed by atoms with E-state index in [0.29, 0.717) is 29.2 Å². The first-order valence-electron chi connectivity index (χ1n) is 13.6. The molecular weight excluding hydrogens is 547 g/mol. The smallest absolute Gasteiger partial charge is 0.404 e. The fourth-order valence-electron chi connectivity index (χ4n) is 5.04. The van der Waals surface area contributed by atoms with E-state index < -0.39 is 36.0 Å². The fraction of sp³-hybridized carbons (Fsp3) is 0.414. The third kappa shape index (κ3) is 6.42. The Morgan fingerprint density at radius 3 is 2.64 bits per heavy atom. The third-order valence-electron chi connectivity index (χ3n) is 6.99. The molecule has 222 valence electrons. The monoisotopic (exact) mass is 580 g/mol. The molecule has 4 aromatic rings. The first-order valence-corrected chi connectivity index (χ1v) is 13.6. The summed E-state index contributed by atoms with van der Waals surface area (Å²) in [5.74, 6) is -0.614. The van der Waals surface area contributed by atoms with Gasteiger partial charge >= 0.3 is 6.09 Å². The van der Waals surface area contributed by atoms with Crippen LogP contribution in [0.1, 0.15) is 58.1 Å². The molecule has 13 heteroatoms. The number of rotatable bonds is 9. The minimum atomic E-state index is -1.01. The first-order chi connectivity index (χ1) is 20.1. The highest BCUT2D eigenvalue weighted by atomic mass is 19.1. The van der Waals surface area contributed by atoms with Gasteiger partial charge in [0.25, 0.3) is 5.88 Å². The lowest BCUT2D eigenvalue weighted by molar-refractivity contribution is -0.0383. The minimum absolute atomic E-state index is 0.175. The summed E-state index contributed by atoms with van der Waals surface area (Å²) in [6.07, 6.45) is 3.94. The van der Waals surface area contributed by atoms with Crippen LogP contribution in [0.5, 0.6) is 11.6 Å². The summed E-state index contributed by atoms with van der Waals surface area (Å²) in [5, 5.41) is 18.2. The van der Waals surface area contributed by atoms with E-state index in [1.165, 1.54) is 12.3 Å². The Kier molecular flexibility index (Phi) is 8.50. The van der Waals surface area contributed by atoms with Crippen molar-refractivity contribution in [1.29, 1.82) is 0 Å². The summed E-state index contributed by atoms with van der Waals surface area (Å²) in [5.41, 5.74) is 6.54. The Labute approximate surface area is 241 Å². The molecule has 1 saturated heterocycles. The van der Waals surface area contributed by atoms with Crippen molar-refractivity contribution in [2.75, 3.05) is 13.2 Å². The van der Waals surface area contributed by atoms with Crippen LogP contribution in [0.25, 0.3) is 22.6 Å². The Bertz CT molecular complexity index is 1510. The molecule has 3 aromatic heterocycles. The molecule has 5 rings (SSSR count). The molecule has 12 nitrogen and oxygen atoms in total. The van der Waals surface area contributed by atoms with Gasteiger partial charge in [-0.05, 0) is 61.1 Å². The molecule has 1 fully saturated rings. The number of amides is 1. The van der Waals surface area contributed by atoms with E-state index in [1.54, 1.807) is 41.2 Å². The van der Waals surface area contributed by atoms with Crippen molar-refractivity contribution in [1.82, 2.24) is 24.9 Å². The third-order valence-corrected chi connectivity index (χ3v) is 6.99. The summed E-state index contributed by atoms with van der Waals surface area (Å²) < 4.78 is 38.9. The lowest BCUT2D eigenvalue weighted by Gasteiger charge is -2.32. The minimum Gasteiger partial charge on any atom is -0.443 e. The molecule has 3 N–H and O–H groups in total. The Balaban J connectivity index is 1.30. The van der Waals surface area contributed by atoms with E-state index in [1.807, 2.05) is 20.8 Å². The first kappa shape index (κ1) is 29.1. The SMILES string of the molecule is CC(C)(C)C(c1nc(-c2ccc(Oc3ncc(-c4ccnn4C4CCCCO4)cc3F)cc2)no1)[C@@H](CO)OC(N)=O. The summed E-state index contributed by atoms with van der Waals surface area (Å²) in [7, 11) is 0. The highest BCUT2D eigenvalue weighted by molar-refractivity contribution is 5.65. The highest BCUT2D eigenvalue weighted by Crippen LogP contribution is 2.39. The number of pyridine rings is 1. The second-order valence-corrected chi connectivity index (χ2v) is 11.1. The van der Waals surface area contributed by atoms with Crippen molar-refractivity contribution in [3.05, 3.63) is 60.5 Å². The molecule has 4 heterocycles. The van der Waals surface area contributed by atoms with Crippen LogP contribution in [0, 0.1) is 11.2 Å². The van der Waals surface area contributed by atoms with Gasteiger partial charge in [0.2, 0.25) is 11.7 Å². The van der Waals surface area contributed by atoms with E-state index in [2.05, 4.69) is 20.2 Å². The summed E-state index contributed by atoms with van der Waals surface area (Å²) in [6.45, 7) is 5.86. The maximum Gasteiger partial charge on any atom is 0.404 e. The van der Waals surface area contributed by atoms with Gasteiger partial charge in [0.05, 0.1) is 18.2 Å². The normalized spacial score (nSPS) is 17.0. The van der Waals surface area contributed by atoms with Gasteiger partial charge in [-0.3, -0.25) is 0 Å². The predicted molar refractivity (Wildman–Crippen MR) is 148 cm³/mol. The van der Waals surface area contributed by atoms with Gasteiger partial charge in [-0.15, -0.1) is 0 Å². The van der Waals surface area contributed by atoms with Gasteiger partial charge in [0, 0.05) is 30.1 Å². The molecule has 0 spiro atoms. The summed E-state index contributed by atoms with van der Waals surface area (Å²) in [6, 6.07) is 9.80.